The van der Waals surface area contributed by atoms with Crippen LogP contribution in [0, 0.1) is 0 Å². The van der Waals surface area contributed by atoms with E-state index >= 15 is 0 Å². The Morgan fingerprint density at radius 2 is 1.67 bits per heavy atom. The number of amides is 1. The Labute approximate surface area is 247 Å². The highest BCUT2D eigenvalue weighted by Crippen LogP contribution is 2.34. The maximum absolute atomic E-state index is 13.4. The Kier molecular flexibility index (Phi) is 7.98. The molecule has 3 aromatic carbocycles. The number of hydrogen-bond acceptors (Lipinski definition) is 4. The number of alkyl halides is 3. The number of fused-ring (bicyclic) bond motifs is 1. The van der Waals surface area contributed by atoms with E-state index in [-0.39, 0.29) is 25.0 Å². The number of carboxylic acid groups (broad SMARTS) is 1. The topological polar surface area (TPSA) is 102 Å². The molecule has 0 radical (unpaired) electrons. The van der Waals surface area contributed by atoms with Gasteiger partial charge in [0.2, 0.25) is 0 Å². The van der Waals surface area contributed by atoms with Gasteiger partial charge in [-0.2, -0.15) is 18.3 Å². The summed E-state index contributed by atoms with van der Waals surface area (Å²) in [7, 11) is 1.71. The van der Waals surface area contributed by atoms with Gasteiger partial charge in [-0.05, 0) is 60.2 Å². The molecule has 2 heterocycles. The largest absolute Gasteiger partial charge is 0.481 e. The van der Waals surface area contributed by atoms with Crippen LogP contribution in [0.1, 0.15) is 27.9 Å². The Morgan fingerprint density at radius 1 is 0.976 bits per heavy atom. The van der Waals surface area contributed by atoms with E-state index in [1.165, 1.54) is 6.07 Å². The van der Waals surface area contributed by atoms with Crippen molar-refractivity contribution in [3.8, 4) is 22.8 Å². The van der Waals surface area contributed by atoms with Crippen molar-refractivity contribution in [2.75, 3.05) is 6.54 Å². The molecule has 8 nitrogen and oxygen atoms in total. The molecular weight excluding hydrogens is 594 g/mol. The van der Waals surface area contributed by atoms with Crippen molar-refractivity contribution >= 4 is 46.1 Å². The monoisotopic (exact) mass is 615 g/mol. The third-order valence-corrected chi connectivity index (χ3v) is 6.98. The van der Waals surface area contributed by atoms with E-state index in [0.29, 0.717) is 43.9 Å². The molecule has 0 saturated carbocycles. The van der Waals surface area contributed by atoms with Gasteiger partial charge in [-0.3, -0.25) is 14.3 Å². The van der Waals surface area contributed by atoms with E-state index in [1.807, 2.05) is 0 Å². The lowest BCUT2D eigenvalue weighted by molar-refractivity contribution is -0.138. The molecule has 0 aliphatic carbocycles. The molecule has 2 aromatic heterocycles. The van der Waals surface area contributed by atoms with Crippen LogP contribution in [0.3, 0.4) is 0 Å². The maximum Gasteiger partial charge on any atom is 0.416 e. The van der Waals surface area contributed by atoms with Crippen molar-refractivity contribution in [1.82, 2.24) is 24.6 Å². The highest BCUT2D eigenvalue weighted by molar-refractivity contribution is 6.35. The smallest absolute Gasteiger partial charge is 0.416 e. The van der Waals surface area contributed by atoms with Gasteiger partial charge in [-0.1, -0.05) is 35.3 Å². The SMILES string of the molecule is Cn1c(-c2cc(-c3cc(Cl)cc(Cl)c3)nn2Cc2ccc(C(=O)NCCC(=O)O)cc2)nc2cc(C(F)(F)F)ccc21. The number of nitrogens with one attached hydrogen (secondary N) is 1. The normalized spacial score (nSPS) is 11.7. The first-order valence-corrected chi connectivity index (χ1v) is 13.3. The molecule has 42 heavy (non-hydrogen) atoms. The highest BCUT2D eigenvalue weighted by atomic mass is 35.5. The fourth-order valence-corrected chi connectivity index (χ4v) is 5.01. The number of rotatable bonds is 8. The molecule has 1 amide bonds. The van der Waals surface area contributed by atoms with Gasteiger partial charge < -0.3 is 15.0 Å². The summed E-state index contributed by atoms with van der Waals surface area (Å²) >= 11 is 12.4. The maximum atomic E-state index is 13.4. The lowest BCUT2D eigenvalue weighted by atomic mass is 10.1. The predicted molar refractivity (Wildman–Crippen MR) is 153 cm³/mol. The third kappa shape index (κ3) is 6.27. The van der Waals surface area contributed by atoms with E-state index in [4.69, 9.17) is 33.4 Å². The van der Waals surface area contributed by atoms with Crippen LogP contribution in [0.15, 0.2) is 66.7 Å². The number of carbonyl (C=O) groups excluding carboxylic acids is 1. The number of imidazole rings is 1. The first-order valence-electron chi connectivity index (χ1n) is 12.6. The number of aryl methyl sites for hydroxylation is 1. The molecule has 5 aromatic rings. The molecule has 0 aliphatic rings. The lowest BCUT2D eigenvalue weighted by Gasteiger charge is -2.09. The van der Waals surface area contributed by atoms with Crippen molar-refractivity contribution in [3.63, 3.8) is 0 Å². The number of aromatic nitrogens is 4. The van der Waals surface area contributed by atoms with Crippen molar-refractivity contribution in [2.45, 2.75) is 19.1 Å². The molecule has 13 heteroatoms. The van der Waals surface area contributed by atoms with E-state index in [0.717, 1.165) is 17.7 Å². The van der Waals surface area contributed by atoms with Gasteiger partial charge in [0.15, 0.2) is 5.82 Å². The Balaban J connectivity index is 1.53. The number of halogens is 5. The number of aliphatic carboxylic acids is 1. The number of hydrogen-bond donors (Lipinski definition) is 2. The molecule has 0 unspecified atom stereocenters. The lowest BCUT2D eigenvalue weighted by Crippen LogP contribution is -2.25. The number of benzene rings is 3. The molecule has 5 rings (SSSR count). The van der Waals surface area contributed by atoms with Gasteiger partial charge >= 0.3 is 12.1 Å². The van der Waals surface area contributed by atoms with Gasteiger partial charge in [0.25, 0.3) is 5.91 Å². The van der Waals surface area contributed by atoms with Gasteiger partial charge in [-0.15, -0.1) is 0 Å². The quantitative estimate of drug-likeness (QED) is 0.203. The Morgan fingerprint density at radius 3 is 2.31 bits per heavy atom. The zero-order chi connectivity index (χ0) is 30.2. The molecule has 0 atom stereocenters. The Bertz CT molecular complexity index is 1790. The molecule has 0 saturated heterocycles. The van der Waals surface area contributed by atoms with Crippen LogP contribution in [0.2, 0.25) is 10.0 Å². The summed E-state index contributed by atoms with van der Waals surface area (Å²) in [6.45, 7) is 0.243. The van der Waals surface area contributed by atoms with E-state index < -0.39 is 23.6 Å². The summed E-state index contributed by atoms with van der Waals surface area (Å²) in [5.74, 6) is -1.02. The summed E-state index contributed by atoms with van der Waals surface area (Å²) in [6.07, 6.45) is -4.70. The number of carbonyl (C=O) groups is 2. The molecular formula is C29H22Cl2F3N5O3. The van der Waals surface area contributed by atoms with E-state index in [1.54, 1.807) is 64.8 Å². The second kappa shape index (κ2) is 11.5. The minimum absolute atomic E-state index is 0.00530. The standard InChI is InChI=1S/C29H22Cl2F3N5O3/c1-38-24-7-6-19(29(32,33)34)12-23(24)36-27(38)25-14-22(18-10-20(30)13-21(31)11-18)37-39(25)15-16-2-4-17(5-3-16)28(42)35-9-8-26(40)41/h2-7,10-14H,8-9,15H2,1H3,(H,35,42)(H,40,41). The molecule has 0 aliphatic heterocycles. The second-order valence-electron chi connectivity index (χ2n) is 9.52. The van der Waals surface area contributed by atoms with Crippen LogP contribution >= 0.6 is 23.2 Å². The molecule has 2 N–H and O–H groups in total. The molecule has 0 fully saturated rings. The van der Waals surface area contributed by atoms with Crippen LogP contribution in [-0.2, 0) is 24.6 Å². The fraction of sp³-hybridized carbons (Fsp3) is 0.172. The number of carboxylic acids is 1. The van der Waals surface area contributed by atoms with E-state index in [9.17, 15) is 22.8 Å². The van der Waals surface area contributed by atoms with Gasteiger partial charge in [0.1, 0.15) is 5.69 Å². The molecule has 0 bridgehead atoms. The molecule has 216 valence electrons. The average Bonchev–Trinajstić information content (AvgIpc) is 3.48. The zero-order valence-electron chi connectivity index (χ0n) is 21.9. The average molecular weight is 616 g/mol. The summed E-state index contributed by atoms with van der Waals surface area (Å²) < 4.78 is 43.4. The van der Waals surface area contributed by atoms with Crippen LogP contribution in [-0.4, -0.2) is 42.9 Å². The minimum Gasteiger partial charge on any atom is -0.481 e. The van der Waals surface area contributed by atoms with Crippen molar-refractivity contribution < 1.29 is 27.9 Å². The minimum atomic E-state index is -4.51. The van der Waals surface area contributed by atoms with Crippen molar-refractivity contribution in [3.05, 3.63) is 93.5 Å². The van der Waals surface area contributed by atoms with Crippen LogP contribution in [0.25, 0.3) is 33.8 Å². The van der Waals surface area contributed by atoms with Crippen molar-refractivity contribution in [2.24, 2.45) is 7.05 Å². The zero-order valence-corrected chi connectivity index (χ0v) is 23.4. The predicted octanol–water partition coefficient (Wildman–Crippen LogP) is 6.68. The first kappa shape index (κ1) is 29.2. The second-order valence-corrected chi connectivity index (χ2v) is 10.4. The summed E-state index contributed by atoms with van der Waals surface area (Å²) in [5, 5.41) is 16.9. The first-order chi connectivity index (χ1) is 19.9. The number of nitrogens with zero attached hydrogens (tertiary/aromatic N) is 4. The summed E-state index contributed by atoms with van der Waals surface area (Å²) in [6, 6.07) is 16.9. The third-order valence-electron chi connectivity index (χ3n) is 6.55. The van der Waals surface area contributed by atoms with Gasteiger partial charge in [0.05, 0.1) is 35.3 Å². The van der Waals surface area contributed by atoms with Crippen molar-refractivity contribution in [1.29, 1.82) is 0 Å². The Hall–Kier alpha value is -4.35. The highest BCUT2D eigenvalue weighted by Gasteiger charge is 2.31. The molecule has 0 spiro atoms. The van der Waals surface area contributed by atoms with Crippen LogP contribution < -0.4 is 5.32 Å². The van der Waals surface area contributed by atoms with Crippen LogP contribution in [0.4, 0.5) is 13.2 Å². The van der Waals surface area contributed by atoms with Gasteiger partial charge in [0, 0.05) is 34.8 Å². The fourth-order valence-electron chi connectivity index (χ4n) is 4.48. The summed E-state index contributed by atoms with van der Waals surface area (Å²) in [5.41, 5.74) is 2.71. The van der Waals surface area contributed by atoms with E-state index in [2.05, 4.69) is 10.3 Å². The summed E-state index contributed by atoms with van der Waals surface area (Å²) in [4.78, 5) is 27.6. The van der Waals surface area contributed by atoms with Crippen LogP contribution in [0.5, 0.6) is 0 Å². The van der Waals surface area contributed by atoms with Gasteiger partial charge in [-0.25, -0.2) is 4.98 Å².